The fourth-order valence-electron chi connectivity index (χ4n) is 2.39. The predicted molar refractivity (Wildman–Crippen MR) is 79.4 cm³/mol. The zero-order chi connectivity index (χ0) is 14.8. The molecule has 0 aliphatic heterocycles. The van der Waals surface area contributed by atoms with Crippen molar-refractivity contribution in [1.82, 2.24) is 15.0 Å². The Bertz CT molecular complexity index is 808. The lowest BCUT2D eigenvalue weighted by molar-refractivity contribution is 0.0698. The van der Waals surface area contributed by atoms with Gasteiger partial charge in [-0.3, -0.25) is 0 Å². The van der Waals surface area contributed by atoms with Gasteiger partial charge in [0.2, 0.25) is 0 Å². The predicted octanol–water partition coefficient (Wildman–Crippen LogP) is 2.75. The van der Waals surface area contributed by atoms with Crippen molar-refractivity contribution < 1.29 is 9.90 Å². The van der Waals surface area contributed by atoms with Gasteiger partial charge in [0.1, 0.15) is 5.82 Å². The molecular weight excluding hydrogens is 266 g/mol. The lowest BCUT2D eigenvalue weighted by Gasteiger charge is -2.00. The number of pyridine rings is 1. The smallest absolute Gasteiger partial charge is 0.338 e. The number of aromatic nitrogens is 3. The number of benzene rings is 1. The molecule has 106 valence electrons. The summed E-state index contributed by atoms with van der Waals surface area (Å²) in [6, 6.07) is 9.80. The van der Waals surface area contributed by atoms with Crippen molar-refractivity contribution in [1.29, 1.82) is 0 Å². The monoisotopic (exact) mass is 281 g/mol. The molecule has 0 spiro atoms. The number of carbonyl (C=O) groups is 1. The summed E-state index contributed by atoms with van der Waals surface area (Å²) in [5.41, 5.74) is 3.61. The highest BCUT2D eigenvalue weighted by Crippen LogP contribution is 2.15. The van der Waals surface area contributed by atoms with Crippen LogP contribution in [0.5, 0.6) is 0 Å². The summed E-state index contributed by atoms with van der Waals surface area (Å²) < 4.78 is 0. The average molecular weight is 281 g/mol. The van der Waals surface area contributed by atoms with Crippen LogP contribution < -0.4 is 0 Å². The van der Waals surface area contributed by atoms with Crippen molar-refractivity contribution in [2.75, 3.05) is 0 Å². The summed E-state index contributed by atoms with van der Waals surface area (Å²) in [5.74, 6) is -0.219. The highest BCUT2D eigenvalue weighted by Gasteiger charge is 2.13. The summed E-state index contributed by atoms with van der Waals surface area (Å²) in [5, 5.41) is 9.15. The first kappa shape index (κ1) is 13.3. The molecule has 0 aliphatic carbocycles. The van der Waals surface area contributed by atoms with E-state index in [4.69, 9.17) is 5.11 Å². The maximum atomic E-state index is 11.2. The van der Waals surface area contributed by atoms with Crippen molar-refractivity contribution in [3.63, 3.8) is 0 Å². The number of fused-ring (bicyclic) bond motifs is 1. The Kier molecular flexibility index (Phi) is 3.39. The third-order valence-corrected chi connectivity index (χ3v) is 3.40. The van der Waals surface area contributed by atoms with E-state index in [2.05, 4.69) is 40.1 Å². The zero-order valence-corrected chi connectivity index (χ0v) is 11.6. The van der Waals surface area contributed by atoms with E-state index in [0.29, 0.717) is 11.2 Å². The van der Waals surface area contributed by atoms with Gasteiger partial charge in [-0.05, 0) is 25.0 Å². The lowest BCUT2D eigenvalue weighted by atomic mass is 10.1. The Morgan fingerprint density at radius 2 is 2.14 bits per heavy atom. The number of aryl methyl sites for hydroxylation is 3. The van der Waals surface area contributed by atoms with Gasteiger partial charge >= 0.3 is 5.97 Å². The number of nitrogens with zero attached hydrogens (tertiary/aromatic N) is 2. The molecule has 0 bridgehead atoms. The molecule has 3 aromatic rings. The summed E-state index contributed by atoms with van der Waals surface area (Å²) in [7, 11) is 0. The van der Waals surface area contributed by atoms with Crippen molar-refractivity contribution >= 4 is 17.1 Å². The summed E-state index contributed by atoms with van der Waals surface area (Å²) in [6.45, 7) is 2.06. The van der Waals surface area contributed by atoms with E-state index in [1.165, 1.54) is 23.4 Å². The molecule has 0 fully saturated rings. The molecule has 2 heterocycles. The third-order valence-electron chi connectivity index (χ3n) is 3.40. The van der Waals surface area contributed by atoms with E-state index in [0.717, 1.165) is 18.7 Å². The first-order valence-corrected chi connectivity index (χ1v) is 6.76. The molecule has 0 saturated carbocycles. The van der Waals surface area contributed by atoms with Crippen molar-refractivity contribution in [2.24, 2.45) is 0 Å². The molecule has 2 N–H and O–H groups in total. The molecular formula is C16H15N3O2. The first-order chi connectivity index (χ1) is 10.1. The van der Waals surface area contributed by atoms with E-state index >= 15 is 0 Å². The molecule has 0 aliphatic rings. The van der Waals surface area contributed by atoms with Crippen molar-refractivity contribution in [2.45, 2.75) is 19.8 Å². The molecule has 2 aromatic heterocycles. The van der Waals surface area contributed by atoms with E-state index in [9.17, 15) is 4.79 Å². The van der Waals surface area contributed by atoms with Crippen LogP contribution in [0.4, 0.5) is 0 Å². The largest absolute Gasteiger partial charge is 0.478 e. The standard InChI is InChI=1S/C16H15N3O2/c1-10-3-2-4-11(9-10)5-6-13-18-14-12(16(20)21)7-8-17-15(14)19-13/h2-4,7-9H,5-6H2,1H3,(H,20,21)(H,17,18,19). The number of hydrogen-bond acceptors (Lipinski definition) is 3. The van der Waals surface area contributed by atoms with Crippen molar-refractivity contribution in [3.05, 3.63) is 59.0 Å². The average Bonchev–Trinajstić information content (AvgIpc) is 2.87. The second-order valence-corrected chi connectivity index (χ2v) is 5.03. The van der Waals surface area contributed by atoms with E-state index in [1.54, 1.807) is 0 Å². The van der Waals surface area contributed by atoms with Gasteiger partial charge in [-0.25, -0.2) is 14.8 Å². The third kappa shape index (κ3) is 2.76. The number of carboxylic acids is 1. The Morgan fingerprint density at radius 3 is 2.90 bits per heavy atom. The number of aromatic amines is 1. The Morgan fingerprint density at radius 1 is 1.29 bits per heavy atom. The quantitative estimate of drug-likeness (QED) is 0.770. The van der Waals surface area contributed by atoms with Crippen LogP contribution in [0, 0.1) is 6.92 Å². The van der Waals surface area contributed by atoms with Crippen LogP contribution >= 0.6 is 0 Å². The Hall–Kier alpha value is -2.69. The minimum absolute atomic E-state index is 0.203. The van der Waals surface area contributed by atoms with Crippen LogP contribution in [0.3, 0.4) is 0 Å². The minimum atomic E-state index is -0.976. The molecule has 1 aromatic carbocycles. The highest BCUT2D eigenvalue weighted by molar-refractivity contribution is 5.99. The Labute approximate surface area is 121 Å². The van der Waals surface area contributed by atoms with Gasteiger partial charge in [-0.1, -0.05) is 29.8 Å². The fraction of sp³-hybridized carbons (Fsp3) is 0.188. The van der Waals surface area contributed by atoms with E-state index < -0.39 is 5.97 Å². The van der Waals surface area contributed by atoms with Crippen LogP contribution in [0.25, 0.3) is 11.2 Å². The van der Waals surface area contributed by atoms with Crippen molar-refractivity contribution in [3.8, 4) is 0 Å². The summed E-state index contributed by atoms with van der Waals surface area (Å²) >= 11 is 0. The minimum Gasteiger partial charge on any atom is -0.478 e. The van der Waals surface area contributed by atoms with Crippen LogP contribution in [0.2, 0.25) is 0 Å². The zero-order valence-electron chi connectivity index (χ0n) is 11.6. The van der Waals surface area contributed by atoms with Gasteiger partial charge < -0.3 is 10.1 Å². The van der Waals surface area contributed by atoms with Crippen LogP contribution in [-0.2, 0) is 12.8 Å². The molecule has 0 unspecified atom stereocenters. The second-order valence-electron chi connectivity index (χ2n) is 5.03. The first-order valence-electron chi connectivity index (χ1n) is 6.76. The molecule has 5 heteroatoms. The molecule has 0 amide bonds. The van der Waals surface area contributed by atoms with Crippen LogP contribution in [0.1, 0.15) is 27.3 Å². The summed E-state index contributed by atoms with van der Waals surface area (Å²) in [4.78, 5) is 22.7. The molecule has 0 saturated heterocycles. The molecule has 3 rings (SSSR count). The number of rotatable bonds is 4. The number of hydrogen-bond donors (Lipinski definition) is 2. The van der Waals surface area contributed by atoms with Gasteiger partial charge in [0.15, 0.2) is 5.65 Å². The number of imidazole rings is 1. The molecule has 21 heavy (non-hydrogen) atoms. The van der Waals surface area contributed by atoms with Crippen LogP contribution in [-0.4, -0.2) is 26.0 Å². The van der Waals surface area contributed by atoms with E-state index in [-0.39, 0.29) is 5.56 Å². The Balaban J connectivity index is 1.85. The fourth-order valence-corrected chi connectivity index (χ4v) is 2.39. The number of carboxylic acid groups (broad SMARTS) is 1. The van der Waals surface area contributed by atoms with Gasteiger partial charge in [-0.15, -0.1) is 0 Å². The molecule has 0 radical (unpaired) electrons. The number of H-pyrrole nitrogens is 1. The number of nitrogens with one attached hydrogen (secondary N) is 1. The van der Waals surface area contributed by atoms with Crippen LogP contribution in [0.15, 0.2) is 36.5 Å². The molecule has 5 nitrogen and oxygen atoms in total. The van der Waals surface area contributed by atoms with Gasteiger partial charge in [0.05, 0.1) is 11.1 Å². The SMILES string of the molecule is Cc1cccc(CCc2nc3nccc(C(=O)O)c3[nH]2)c1. The maximum absolute atomic E-state index is 11.2. The highest BCUT2D eigenvalue weighted by atomic mass is 16.4. The normalized spacial score (nSPS) is 10.9. The number of aromatic carboxylic acids is 1. The van der Waals surface area contributed by atoms with Gasteiger partial charge in [0, 0.05) is 12.6 Å². The van der Waals surface area contributed by atoms with Gasteiger partial charge in [0.25, 0.3) is 0 Å². The van der Waals surface area contributed by atoms with E-state index in [1.807, 2.05) is 6.07 Å². The lowest BCUT2D eigenvalue weighted by Crippen LogP contribution is -1.98. The van der Waals surface area contributed by atoms with Gasteiger partial charge in [-0.2, -0.15) is 0 Å². The molecule has 0 atom stereocenters. The second kappa shape index (κ2) is 5.36. The maximum Gasteiger partial charge on any atom is 0.338 e. The summed E-state index contributed by atoms with van der Waals surface area (Å²) in [6.07, 6.45) is 3.04. The topological polar surface area (TPSA) is 78.9 Å².